The number of aryl methyl sites for hydroxylation is 1. The predicted octanol–water partition coefficient (Wildman–Crippen LogP) is 10.8. The van der Waals surface area contributed by atoms with Crippen LogP contribution >= 0.6 is 0 Å². The van der Waals surface area contributed by atoms with E-state index in [0.29, 0.717) is 11.3 Å². The number of hydrogen-bond acceptors (Lipinski definition) is 3. The van der Waals surface area contributed by atoms with Crippen LogP contribution in [-0.2, 0) is 11.2 Å². The first kappa shape index (κ1) is 30.2. The van der Waals surface area contributed by atoms with Gasteiger partial charge in [0.1, 0.15) is 11.5 Å². The quantitative estimate of drug-likeness (QED) is 0.142. The molecule has 0 unspecified atom stereocenters. The van der Waals surface area contributed by atoms with Crippen molar-refractivity contribution in [2.75, 3.05) is 4.90 Å². The van der Waals surface area contributed by atoms with E-state index in [9.17, 15) is 5.26 Å². The summed E-state index contributed by atoms with van der Waals surface area (Å²) in [6.07, 6.45) is 13.6. The lowest BCUT2D eigenvalue weighted by molar-refractivity contribution is 0.223. The Morgan fingerprint density at radius 3 is 2.10 bits per heavy atom. The van der Waals surface area contributed by atoms with Gasteiger partial charge in [-0.15, -0.1) is 0 Å². The Labute approximate surface area is 251 Å². The summed E-state index contributed by atoms with van der Waals surface area (Å²) in [7, 11) is 0. The SMILES string of the molecule is [C-]#[N+]/C(C#N)=C1C=C(/C=C/c2ccc(N(c3ccccc3)c3ccc(CCCCCC)cc3)cc2)OC(C(C)(C)C)=C\1. The normalized spacial score (nSPS) is 14.3. The molecular weight excluding hydrogens is 514 g/mol. The van der Waals surface area contributed by atoms with E-state index in [1.165, 1.54) is 31.2 Å². The Morgan fingerprint density at radius 2 is 1.50 bits per heavy atom. The van der Waals surface area contributed by atoms with Crippen molar-refractivity contribution in [1.82, 2.24) is 0 Å². The van der Waals surface area contributed by atoms with Crippen LogP contribution in [0.2, 0.25) is 0 Å². The van der Waals surface area contributed by atoms with Gasteiger partial charge >= 0.3 is 0 Å². The fourth-order valence-corrected chi connectivity index (χ4v) is 4.77. The molecule has 1 aliphatic heterocycles. The summed E-state index contributed by atoms with van der Waals surface area (Å²) in [6.45, 7) is 15.8. The molecule has 0 aliphatic carbocycles. The fourth-order valence-electron chi connectivity index (χ4n) is 4.77. The number of allylic oxidation sites excluding steroid dienone is 6. The van der Waals surface area contributed by atoms with Crippen LogP contribution in [0.15, 0.2) is 120 Å². The van der Waals surface area contributed by atoms with E-state index in [1.54, 1.807) is 12.2 Å². The van der Waals surface area contributed by atoms with E-state index in [1.807, 2.05) is 45.1 Å². The fraction of sp³-hybridized carbons (Fsp3) is 0.263. The monoisotopic (exact) mass is 553 g/mol. The van der Waals surface area contributed by atoms with Crippen molar-refractivity contribution in [3.05, 3.63) is 142 Å². The molecule has 1 aliphatic rings. The molecule has 1 heterocycles. The van der Waals surface area contributed by atoms with Gasteiger partial charge in [0.2, 0.25) is 0 Å². The number of nitrogens with zero attached hydrogens (tertiary/aromatic N) is 3. The van der Waals surface area contributed by atoms with E-state index in [4.69, 9.17) is 11.3 Å². The predicted molar refractivity (Wildman–Crippen MR) is 174 cm³/mol. The first-order valence-corrected chi connectivity index (χ1v) is 14.7. The maximum atomic E-state index is 9.42. The zero-order valence-corrected chi connectivity index (χ0v) is 25.1. The molecule has 0 N–H and O–H groups in total. The van der Waals surface area contributed by atoms with Crippen molar-refractivity contribution in [3.63, 3.8) is 0 Å². The first-order valence-electron chi connectivity index (χ1n) is 14.7. The highest BCUT2D eigenvalue weighted by Crippen LogP contribution is 2.36. The van der Waals surface area contributed by atoms with Crippen molar-refractivity contribution in [2.24, 2.45) is 5.41 Å². The number of hydrogen-bond donors (Lipinski definition) is 0. The molecule has 0 saturated heterocycles. The Morgan fingerprint density at radius 1 is 0.857 bits per heavy atom. The number of benzene rings is 3. The van der Waals surface area contributed by atoms with Gasteiger partial charge in [-0.05, 0) is 84.2 Å². The van der Waals surface area contributed by atoms with Crippen LogP contribution in [0.1, 0.15) is 64.5 Å². The van der Waals surface area contributed by atoms with Gasteiger partial charge < -0.3 is 9.64 Å². The lowest BCUT2D eigenvalue weighted by Crippen LogP contribution is -2.14. The molecule has 0 radical (unpaired) electrons. The molecule has 0 amide bonds. The van der Waals surface area contributed by atoms with Gasteiger partial charge in [0.15, 0.2) is 0 Å². The lowest BCUT2D eigenvalue weighted by atomic mass is 9.91. The van der Waals surface area contributed by atoms with Gasteiger partial charge in [-0.1, -0.05) is 95.5 Å². The van der Waals surface area contributed by atoms with Gasteiger partial charge in [0, 0.05) is 22.5 Å². The zero-order valence-electron chi connectivity index (χ0n) is 25.1. The molecule has 212 valence electrons. The van der Waals surface area contributed by atoms with Crippen LogP contribution in [0.5, 0.6) is 0 Å². The summed E-state index contributed by atoms with van der Waals surface area (Å²) in [4.78, 5) is 5.67. The lowest BCUT2D eigenvalue weighted by Gasteiger charge is -2.26. The molecule has 0 bridgehead atoms. The summed E-state index contributed by atoms with van der Waals surface area (Å²) in [5.41, 5.74) is 6.05. The van der Waals surface area contributed by atoms with E-state index in [2.05, 4.69) is 89.5 Å². The molecule has 0 saturated carbocycles. The molecule has 4 nitrogen and oxygen atoms in total. The standard InChI is InChI=1S/C38H39N3O/c1-6-7-8-10-13-29-16-21-33(22-17-29)41(32-14-11-9-12-15-32)34-23-18-30(19-24-34)20-25-35-26-31(36(28-39)40-5)27-37(42-35)38(2,3)4/h9,11-12,14-27H,6-8,10,13H2,1-4H3/b25-20+,36-31+. The van der Waals surface area contributed by atoms with E-state index in [0.717, 1.165) is 34.8 Å². The number of anilines is 3. The van der Waals surface area contributed by atoms with Crippen LogP contribution in [-0.4, -0.2) is 0 Å². The number of ether oxygens (including phenoxy) is 1. The van der Waals surface area contributed by atoms with Crippen molar-refractivity contribution in [3.8, 4) is 6.07 Å². The highest BCUT2D eigenvalue weighted by molar-refractivity contribution is 5.77. The Hall–Kier alpha value is -4.80. The second kappa shape index (κ2) is 14.2. The van der Waals surface area contributed by atoms with E-state index < -0.39 is 0 Å². The third kappa shape index (κ3) is 7.90. The van der Waals surface area contributed by atoms with Gasteiger partial charge in [-0.3, -0.25) is 0 Å². The van der Waals surface area contributed by atoms with Crippen LogP contribution in [0.25, 0.3) is 10.9 Å². The molecule has 3 aromatic carbocycles. The third-order valence-corrected chi connectivity index (χ3v) is 7.16. The van der Waals surface area contributed by atoms with E-state index in [-0.39, 0.29) is 11.1 Å². The van der Waals surface area contributed by atoms with Crippen LogP contribution < -0.4 is 4.90 Å². The molecule has 0 atom stereocenters. The molecule has 4 heteroatoms. The summed E-state index contributed by atoms with van der Waals surface area (Å²) < 4.78 is 6.15. The molecule has 0 aromatic heterocycles. The summed E-state index contributed by atoms with van der Waals surface area (Å²) >= 11 is 0. The topological polar surface area (TPSA) is 40.6 Å². The maximum Gasteiger partial charge on any atom is 0.269 e. The molecule has 0 fully saturated rings. The van der Waals surface area contributed by atoms with Crippen molar-refractivity contribution in [1.29, 1.82) is 5.26 Å². The molecule has 3 aromatic rings. The average Bonchev–Trinajstić information content (AvgIpc) is 3.00. The number of unbranched alkanes of at least 4 members (excludes halogenated alkanes) is 3. The zero-order chi connectivity index (χ0) is 30.0. The molecular formula is C38H39N3O. The van der Waals surface area contributed by atoms with Crippen LogP contribution in [0, 0.1) is 23.3 Å². The minimum Gasteiger partial charge on any atom is -0.461 e. The highest BCUT2D eigenvalue weighted by atomic mass is 16.5. The molecule has 42 heavy (non-hydrogen) atoms. The molecule has 0 spiro atoms. The van der Waals surface area contributed by atoms with E-state index >= 15 is 0 Å². The van der Waals surface area contributed by atoms with Crippen molar-refractivity contribution < 1.29 is 4.74 Å². The Balaban J connectivity index is 1.57. The number of para-hydroxylation sites is 1. The largest absolute Gasteiger partial charge is 0.461 e. The first-order chi connectivity index (χ1) is 20.3. The smallest absolute Gasteiger partial charge is 0.269 e. The second-order valence-corrected chi connectivity index (χ2v) is 11.5. The summed E-state index contributed by atoms with van der Waals surface area (Å²) in [5.74, 6) is 1.32. The van der Waals surface area contributed by atoms with Gasteiger partial charge in [0.25, 0.3) is 5.70 Å². The minimum atomic E-state index is -0.267. The van der Waals surface area contributed by atoms with Crippen molar-refractivity contribution in [2.45, 2.75) is 59.8 Å². The van der Waals surface area contributed by atoms with Crippen molar-refractivity contribution >= 4 is 23.1 Å². The average molecular weight is 554 g/mol. The maximum absolute atomic E-state index is 9.42. The Kier molecular flexibility index (Phi) is 10.2. The Bertz CT molecular complexity index is 1540. The minimum absolute atomic E-state index is 0.0563. The van der Waals surface area contributed by atoms with Gasteiger partial charge in [0.05, 0.1) is 12.6 Å². The second-order valence-electron chi connectivity index (χ2n) is 11.5. The van der Waals surface area contributed by atoms with Crippen LogP contribution in [0.3, 0.4) is 0 Å². The highest BCUT2D eigenvalue weighted by Gasteiger charge is 2.24. The summed E-state index contributed by atoms with van der Waals surface area (Å²) in [5, 5.41) is 9.42. The third-order valence-electron chi connectivity index (χ3n) is 7.16. The van der Waals surface area contributed by atoms with Crippen LogP contribution in [0.4, 0.5) is 17.1 Å². The molecule has 4 rings (SSSR count). The van der Waals surface area contributed by atoms with Gasteiger partial charge in [-0.2, -0.15) is 0 Å². The number of nitriles is 1. The van der Waals surface area contributed by atoms with Gasteiger partial charge in [-0.25, -0.2) is 10.1 Å². The summed E-state index contributed by atoms with van der Waals surface area (Å²) in [6, 6.07) is 29.8. The number of rotatable bonds is 10.